The van der Waals surface area contributed by atoms with Gasteiger partial charge < -0.3 is 29.7 Å². The number of pyridine rings is 1. The maximum absolute atomic E-state index is 14.2. The van der Waals surface area contributed by atoms with Crippen LogP contribution in [0.3, 0.4) is 0 Å². The molecule has 42 heavy (non-hydrogen) atoms. The molecule has 12 heteroatoms. The SMILES string of the molecule is C[C@H]1CC[C@@](O)(CCO)[C@H]2CN1C(=O)c1c(OCc3ccccc3)c(=O)c(C(=O)NCc3c(F)cc(F)cc3F)cn12. The van der Waals surface area contributed by atoms with Crippen LogP contribution in [0.1, 0.15) is 64.2 Å². The fourth-order valence-corrected chi connectivity index (χ4v) is 5.66. The van der Waals surface area contributed by atoms with E-state index >= 15 is 0 Å². The van der Waals surface area contributed by atoms with E-state index in [1.54, 1.807) is 35.2 Å². The normalized spacial score (nSPS) is 21.5. The van der Waals surface area contributed by atoms with Crippen LogP contribution in [0.5, 0.6) is 5.75 Å². The number of hydrogen-bond acceptors (Lipinski definition) is 6. The first-order valence-corrected chi connectivity index (χ1v) is 13.6. The number of nitrogens with zero attached hydrogens (tertiary/aromatic N) is 2. The number of aromatic nitrogens is 1. The van der Waals surface area contributed by atoms with E-state index < -0.39 is 69.8 Å². The summed E-state index contributed by atoms with van der Waals surface area (Å²) in [5, 5.41) is 23.7. The monoisotopic (exact) mass is 585 g/mol. The zero-order valence-corrected chi connectivity index (χ0v) is 22.8. The Kier molecular flexibility index (Phi) is 8.11. The van der Waals surface area contributed by atoms with Crippen LogP contribution in [0, 0.1) is 17.5 Å². The van der Waals surface area contributed by atoms with E-state index in [0.717, 1.165) is 6.20 Å². The molecule has 2 amide bonds. The largest absolute Gasteiger partial charge is 0.483 e. The molecular formula is C30H30F3N3O6. The lowest BCUT2D eigenvalue weighted by atomic mass is 9.85. The van der Waals surface area contributed by atoms with Crippen molar-refractivity contribution in [3.05, 3.63) is 98.7 Å². The second-order valence-corrected chi connectivity index (χ2v) is 10.7. The molecule has 1 fully saturated rings. The van der Waals surface area contributed by atoms with Gasteiger partial charge in [-0.25, -0.2) is 13.2 Å². The van der Waals surface area contributed by atoms with Crippen LogP contribution in [0.15, 0.2) is 53.5 Å². The first kappa shape index (κ1) is 29.3. The van der Waals surface area contributed by atoms with Gasteiger partial charge >= 0.3 is 0 Å². The highest BCUT2D eigenvalue weighted by Gasteiger charge is 2.49. The van der Waals surface area contributed by atoms with E-state index in [2.05, 4.69) is 5.32 Å². The number of fused-ring (bicyclic) bond motifs is 4. The summed E-state index contributed by atoms with van der Waals surface area (Å²) in [5.74, 6) is -5.51. The van der Waals surface area contributed by atoms with Gasteiger partial charge in [0.05, 0.1) is 11.6 Å². The Morgan fingerprint density at radius 3 is 2.50 bits per heavy atom. The highest BCUT2D eigenvalue weighted by molar-refractivity contribution is 5.99. The topological polar surface area (TPSA) is 121 Å². The van der Waals surface area contributed by atoms with Gasteiger partial charge in [0.15, 0.2) is 11.4 Å². The van der Waals surface area contributed by atoms with Crippen LogP contribution in [0.4, 0.5) is 13.2 Å². The number of ether oxygens (including phenoxy) is 1. The molecule has 2 aromatic carbocycles. The number of aliphatic hydroxyl groups is 2. The lowest BCUT2D eigenvalue weighted by Crippen LogP contribution is -2.52. The molecule has 3 aromatic rings. The molecule has 9 nitrogen and oxygen atoms in total. The second-order valence-electron chi connectivity index (χ2n) is 10.7. The maximum Gasteiger partial charge on any atom is 0.274 e. The van der Waals surface area contributed by atoms with Crippen molar-refractivity contribution in [1.29, 1.82) is 0 Å². The summed E-state index contributed by atoms with van der Waals surface area (Å²) in [6.45, 7) is 0.726. The number of rotatable bonds is 8. The second kappa shape index (κ2) is 11.6. The number of halogens is 3. The number of aliphatic hydroxyl groups excluding tert-OH is 1. The summed E-state index contributed by atoms with van der Waals surface area (Å²) >= 11 is 0. The van der Waals surface area contributed by atoms with E-state index in [9.17, 15) is 37.8 Å². The Labute approximate surface area is 239 Å². The van der Waals surface area contributed by atoms with Gasteiger partial charge in [-0.1, -0.05) is 30.3 Å². The molecule has 3 atom stereocenters. The van der Waals surface area contributed by atoms with Crippen LogP contribution in [-0.4, -0.2) is 56.3 Å². The molecule has 0 unspecified atom stereocenters. The minimum atomic E-state index is -1.49. The van der Waals surface area contributed by atoms with E-state index in [0.29, 0.717) is 24.1 Å². The van der Waals surface area contributed by atoms with Crippen molar-refractivity contribution in [2.45, 2.75) is 57.0 Å². The predicted octanol–water partition coefficient (Wildman–Crippen LogP) is 3.07. The minimum Gasteiger partial charge on any atom is -0.483 e. The fourth-order valence-electron chi connectivity index (χ4n) is 5.66. The van der Waals surface area contributed by atoms with Gasteiger partial charge in [-0.2, -0.15) is 0 Å². The molecule has 0 radical (unpaired) electrons. The molecule has 0 spiro atoms. The van der Waals surface area contributed by atoms with Crippen LogP contribution in [0.25, 0.3) is 0 Å². The van der Waals surface area contributed by atoms with Crippen molar-refractivity contribution in [2.24, 2.45) is 0 Å². The van der Waals surface area contributed by atoms with Crippen molar-refractivity contribution < 1.29 is 37.7 Å². The lowest BCUT2D eigenvalue weighted by molar-refractivity contribution is -0.0409. The summed E-state index contributed by atoms with van der Waals surface area (Å²) in [7, 11) is 0. The van der Waals surface area contributed by atoms with Gasteiger partial charge in [0.2, 0.25) is 5.43 Å². The Hall–Kier alpha value is -4.16. The Morgan fingerprint density at radius 1 is 1.14 bits per heavy atom. The smallest absolute Gasteiger partial charge is 0.274 e. The number of amides is 2. The molecule has 222 valence electrons. The van der Waals surface area contributed by atoms with Gasteiger partial charge in [0.1, 0.15) is 29.6 Å². The van der Waals surface area contributed by atoms with Crippen LogP contribution < -0.4 is 15.5 Å². The number of hydrogen-bond donors (Lipinski definition) is 3. The average Bonchev–Trinajstić information content (AvgIpc) is 3.06. The summed E-state index contributed by atoms with van der Waals surface area (Å²) < 4.78 is 49.0. The summed E-state index contributed by atoms with van der Waals surface area (Å²) in [4.78, 5) is 42.4. The van der Waals surface area contributed by atoms with Crippen LogP contribution in [0.2, 0.25) is 0 Å². The number of benzene rings is 2. The van der Waals surface area contributed by atoms with E-state index in [1.807, 2.05) is 6.92 Å². The van der Waals surface area contributed by atoms with Crippen LogP contribution >= 0.6 is 0 Å². The third-order valence-electron chi connectivity index (χ3n) is 8.06. The first-order valence-electron chi connectivity index (χ1n) is 13.6. The number of carbonyl (C=O) groups is 2. The zero-order valence-electron chi connectivity index (χ0n) is 22.8. The molecule has 0 saturated carbocycles. The molecule has 2 bridgehead atoms. The van der Waals surface area contributed by atoms with Gasteiger partial charge in [-0.15, -0.1) is 0 Å². The molecule has 1 saturated heterocycles. The van der Waals surface area contributed by atoms with E-state index in [-0.39, 0.29) is 44.3 Å². The van der Waals surface area contributed by atoms with Gasteiger partial charge in [-0.05, 0) is 25.3 Å². The summed E-state index contributed by atoms with van der Waals surface area (Å²) in [6.07, 6.45) is 1.78. The maximum atomic E-state index is 14.2. The van der Waals surface area contributed by atoms with Crippen molar-refractivity contribution in [2.75, 3.05) is 13.2 Å². The van der Waals surface area contributed by atoms with Gasteiger partial charge in [0, 0.05) is 56.1 Å². The standard InChI is InChI=1S/C30H30F3N3O6/c1-17-7-8-30(41,9-10-37)24-15-35(17)29(40)25-27(42-16-18-5-3-2-4-6-18)26(38)21(14-36(24)25)28(39)34-13-20-22(32)11-19(31)12-23(20)33/h2-6,11-12,14,17,24,37,41H,7-10,13,15-16H2,1H3,(H,34,39)/t17-,24+,30+/m0/s1. The number of carbonyl (C=O) groups excluding carboxylic acids is 2. The molecule has 1 aromatic heterocycles. The fraction of sp³-hybridized carbons (Fsp3) is 0.367. The highest BCUT2D eigenvalue weighted by Crippen LogP contribution is 2.41. The zero-order chi connectivity index (χ0) is 30.2. The van der Waals surface area contributed by atoms with Gasteiger partial charge in [-0.3, -0.25) is 14.4 Å². The van der Waals surface area contributed by atoms with Crippen LogP contribution in [-0.2, 0) is 13.2 Å². The summed E-state index contributed by atoms with van der Waals surface area (Å²) in [5.41, 5.74) is -2.99. The van der Waals surface area contributed by atoms with Gasteiger partial charge in [0.25, 0.3) is 11.8 Å². The van der Waals surface area contributed by atoms with Crippen molar-refractivity contribution >= 4 is 11.8 Å². The molecule has 5 rings (SSSR count). The van der Waals surface area contributed by atoms with Crippen molar-refractivity contribution in [1.82, 2.24) is 14.8 Å². The first-order chi connectivity index (χ1) is 20.0. The van der Waals surface area contributed by atoms with E-state index in [1.165, 1.54) is 4.57 Å². The Morgan fingerprint density at radius 2 is 1.83 bits per heavy atom. The molecule has 2 aliphatic heterocycles. The average molecular weight is 586 g/mol. The van der Waals surface area contributed by atoms with Crippen molar-refractivity contribution in [3.63, 3.8) is 0 Å². The third kappa shape index (κ3) is 5.39. The molecule has 3 heterocycles. The molecular weight excluding hydrogens is 555 g/mol. The summed E-state index contributed by atoms with van der Waals surface area (Å²) in [6, 6.07) is 8.63. The van der Waals surface area contributed by atoms with E-state index in [4.69, 9.17) is 4.74 Å². The third-order valence-corrected chi connectivity index (χ3v) is 8.06. The lowest BCUT2D eigenvalue weighted by Gasteiger charge is -2.42. The molecule has 2 aliphatic rings. The molecule has 0 aliphatic carbocycles. The highest BCUT2D eigenvalue weighted by atomic mass is 19.1. The number of nitrogens with one attached hydrogen (secondary N) is 1. The minimum absolute atomic E-state index is 0.0250. The Balaban J connectivity index is 1.61. The van der Waals surface area contributed by atoms with Crippen molar-refractivity contribution in [3.8, 4) is 5.75 Å². The molecule has 3 N–H and O–H groups in total. The quantitative estimate of drug-likeness (QED) is 0.374. The Bertz CT molecular complexity index is 1560. The predicted molar refractivity (Wildman–Crippen MR) is 144 cm³/mol.